The number of hydrogen-bond donors (Lipinski definition) is 1. The minimum atomic E-state index is -1.81. The van der Waals surface area contributed by atoms with Crippen molar-refractivity contribution in [2.75, 3.05) is 6.61 Å². The molecule has 0 rings (SSSR count). The van der Waals surface area contributed by atoms with Gasteiger partial charge < -0.3 is 9.84 Å². The van der Waals surface area contributed by atoms with Crippen molar-refractivity contribution in [3.05, 3.63) is 4.91 Å². The molecule has 0 amide bonds. The Morgan fingerprint density at radius 3 is 1.79 bits per heavy atom. The second-order valence-electron chi connectivity index (χ2n) is 5.22. The molecule has 0 aromatic heterocycles. The first-order chi connectivity index (χ1) is 9.18. The maximum Gasteiger partial charge on any atom is 0.305 e. The third-order valence-electron chi connectivity index (χ3n) is 3.43. The molecule has 0 aliphatic carbocycles. The monoisotopic (exact) mass is 273 g/mol. The molecule has 1 N–H and O–H groups in total. The van der Waals surface area contributed by atoms with Crippen molar-refractivity contribution in [1.29, 1.82) is 0 Å². The topological polar surface area (TPSA) is 58.9 Å². The predicted molar refractivity (Wildman–Crippen MR) is 78.8 cm³/mol. The molecular weight excluding hydrogens is 242 g/mol. The van der Waals surface area contributed by atoms with Crippen molar-refractivity contribution in [2.24, 2.45) is 5.18 Å². The first-order valence-corrected chi connectivity index (χ1v) is 7.89. The summed E-state index contributed by atoms with van der Waals surface area (Å²) in [4.78, 5) is 10.3. The Bertz CT molecular complexity index is 212. The van der Waals surface area contributed by atoms with E-state index < -0.39 is 5.91 Å². The van der Waals surface area contributed by atoms with Crippen LogP contribution in [0.3, 0.4) is 0 Å². The van der Waals surface area contributed by atoms with Crippen LogP contribution in [0.15, 0.2) is 5.18 Å². The highest BCUT2D eigenvalue weighted by atomic mass is 16.7. The molecule has 4 heteroatoms. The van der Waals surface area contributed by atoms with Crippen molar-refractivity contribution in [2.45, 2.75) is 90.4 Å². The van der Waals surface area contributed by atoms with E-state index in [9.17, 15) is 10.0 Å². The SMILES string of the molecule is CCCCCCCCCCCCOC(O)(CC)N=O. The largest absolute Gasteiger partial charge is 0.345 e. The van der Waals surface area contributed by atoms with Gasteiger partial charge in [-0.1, -0.05) is 71.6 Å². The lowest BCUT2D eigenvalue weighted by atomic mass is 10.1. The van der Waals surface area contributed by atoms with E-state index in [-0.39, 0.29) is 6.42 Å². The van der Waals surface area contributed by atoms with Crippen LogP contribution in [0.4, 0.5) is 0 Å². The summed E-state index contributed by atoms with van der Waals surface area (Å²) in [5.74, 6) is -1.81. The Hall–Kier alpha value is -0.480. The standard InChI is InChI=1S/C15H31NO3/c1-3-5-6-7-8-9-10-11-12-13-14-19-15(17,4-2)16-18/h17H,3-14H2,1-2H3. The van der Waals surface area contributed by atoms with Gasteiger partial charge in [0.25, 0.3) is 0 Å². The highest BCUT2D eigenvalue weighted by molar-refractivity contribution is 4.59. The number of nitroso groups, excluding NO2 is 1. The molecule has 4 nitrogen and oxygen atoms in total. The molecule has 0 spiro atoms. The van der Waals surface area contributed by atoms with Crippen LogP contribution in [-0.4, -0.2) is 17.6 Å². The smallest absolute Gasteiger partial charge is 0.305 e. The summed E-state index contributed by atoms with van der Waals surface area (Å²) in [5.41, 5.74) is 0. The van der Waals surface area contributed by atoms with E-state index in [0.717, 1.165) is 12.8 Å². The van der Waals surface area contributed by atoms with Gasteiger partial charge in [-0.2, -0.15) is 0 Å². The zero-order valence-electron chi connectivity index (χ0n) is 12.7. The molecule has 0 aromatic rings. The van der Waals surface area contributed by atoms with E-state index in [4.69, 9.17) is 4.74 Å². The molecule has 1 atom stereocenters. The van der Waals surface area contributed by atoms with Crippen LogP contribution in [0.5, 0.6) is 0 Å². The predicted octanol–water partition coefficient (Wildman–Crippen LogP) is 4.75. The van der Waals surface area contributed by atoms with Gasteiger partial charge >= 0.3 is 5.91 Å². The van der Waals surface area contributed by atoms with E-state index in [1.54, 1.807) is 6.92 Å². The number of nitrogens with zero attached hydrogens (tertiary/aromatic N) is 1. The van der Waals surface area contributed by atoms with Crippen LogP contribution >= 0.6 is 0 Å². The second-order valence-corrected chi connectivity index (χ2v) is 5.22. The first kappa shape index (κ1) is 18.5. The Morgan fingerprint density at radius 2 is 1.37 bits per heavy atom. The van der Waals surface area contributed by atoms with Crippen LogP contribution in [0.2, 0.25) is 0 Å². The van der Waals surface area contributed by atoms with Crippen molar-refractivity contribution in [3.63, 3.8) is 0 Å². The van der Waals surface area contributed by atoms with Crippen LogP contribution < -0.4 is 0 Å². The normalized spacial score (nSPS) is 14.3. The van der Waals surface area contributed by atoms with Gasteiger partial charge in [0.15, 0.2) is 0 Å². The fraction of sp³-hybridized carbons (Fsp3) is 1.00. The van der Waals surface area contributed by atoms with Crippen LogP contribution in [0.1, 0.15) is 84.5 Å². The Balaban J connectivity index is 3.21. The van der Waals surface area contributed by atoms with Gasteiger partial charge in [-0.3, -0.25) is 0 Å². The summed E-state index contributed by atoms with van der Waals surface area (Å²) in [6, 6.07) is 0. The lowest BCUT2D eigenvalue weighted by Gasteiger charge is -2.17. The first-order valence-electron chi connectivity index (χ1n) is 7.89. The van der Waals surface area contributed by atoms with Gasteiger partial charge in [0.1, 0.15) is 0 Å². The average Bonchev–Trinajstić information content (AvgIpc) is 2.44. The highest BCUT2D eigenvalue weighted by Crippen LogP contribution is 2.15. The van der Waals surface area contributed by atoms with Gasteiger partial charge in [0.05, 0.1) is 6.61 Å². The summed E-state index contributed by atoms with van der Waals surface area (Å²) >= 11 is 0. The molecule has 0 saturated heterocycles. The van der Waals surface area contributed by atoms with E-state index in [0.29, 0.717) is 6.61 Å². The number of hydrogen-bond acceptors (Lipinski definition) is 4. The molecule has 1 unspecified atom stereocenters. The maximum absolute atomic E-state index is 10.3. The lowest BCUT2D eigenvalue weighted by Crippen LogP contribution is -2.28. The molecule has 0 fully saturated rings. The Labute approximate surface area is 117 Å². The quantitative estimate of drug-likeness (QED) is 0.282. The zero-order chi connectivity index (χ0) is 14.4. The second kappa shape index (κ2) is 12.5. The molecule has 0 heterocycles. The Morgan fingerprint density at radius 1 is 0.895 bits per heavy atom. The summed E-state index contributed by atoms with van der Waals surface area (Å²) in [6.45, 7) is 4.33. The van der Waals surface area contributed by atoms with Gasteiger partial charge in [-0.25, -0.2) is 0 Å². The molecule has 114 valence electrons. The fourth-order valence-electron chi connectivity index (χ4n) is 2.02. The van der Waals surface area contributed by atoms with E-state index in [2.05, 4.69) is 12.1 Å². The molecule has 0 aromatic carbocycles. The highest BCUT2D eigenvalue weighted by Gasteiger charge is 2.25. The van der Waals surface area contributed by atoms with Crippen LogP contribution in [-0.2, 0) is 4.74 Å². The minimum absolute atomic E-state index is 0.203. The van der Waals surface area contributed by atoms with Gasteiger partial charge in [-0.15, -0.1) is 4.91 Å². The van der Waals surface area contributed by atoms with E-state index in [1.807, 2.05) is 0 Å². The maximum atomic E-state index is 10.3. The summed E-state index contributed by atoms with van der Waals surface area (Å²) in [7, 11) is 0. The van der Waals surface area contributed by atoms with Crippen LogP contribution in [0, 0.1) is 4.91 Å². The molecule has 0 saturated carbocycles. The molecule has 0 radical (unpaired) electrons. The Kier molecular flexibility index (Phi) is 12.2. The zero-order valence-corrected chi connectivity index (χ0v) is 12.7. The molecular formula is C15H31NO3. The van der Waals surface area contributed by atoms with Crippen molar-refractivity contribution in [3.8, 4) is 0 Å². The summed E-state index contributed by atoms with van der Waals surface area (Å²) in [6.07, 6.45) is 12.7. The fourth-order valence-corrected chi connectivity index (χ4v) is 2.02. The minimum Gasteiger partial charge on any atom is -0.345 e. The van der Waals surface area contributed by atoms with Gasteiger partial charge in [-0.05, 0) is 11.6 Å². The molecule has 0 bridgehead atoms. The third kappa shape index (κ3) is 11.1. The van der Waals surface area contributed by atoms with Crippen molar-refractivity contribution in [1.82, 2.24) is 0 Å². The number of unbranched alkanes of at least 4 members (excludes halogenated alkanes) is 9. The number of rotatable bonds is 14. The number of aliphatic hydroxyl groups is 1. The van der Waals surface area contributed by atoms with E-state index in [1.165, 1.54) is 51.4 Å². The molecule has 0 aliphatic heterocycles. The molecule has 19 heavy (non-hydrogen) atoms. The average molecular weight is 273 g/mol. The van der Waals surface area contributed by atoms with Gasteiger partial charge in [0, 0.05) is 6.42 Å². The molecule has 0 aliphatic rings. The van der Waals surface area contributed by atoms with Gasteiger partial charge in [0.2, 0.25) is 0 Å². The van der Waals surface area contributed by atoms with Crippen LogP contribution in [0.25, 0.3) is 0 Å². The van der Waals surface area contributed by atoms with Crippen molar-refractivity contribution >= 4 is 0 Å². The van der Waals surface area contributed by atoms with E-state index >= 15 is 0 Å². The summed E-state index contributed by atoms with van der Waals surface area (Å²) in [5, 5.41) is 12.1. The summed E-state index contributed by atoms with van der Waals surface area (Å²) < 4.78 is 5.08. The lowest BCUT2D eigenvalue weighted by molar-refractivity contribution is -0.200. The number of ether oxygens (including phenoxy) is 1. The van der Waals surface area contributed by atoms with Crippen molar-refractivity contribution < 1.29 is 9.84 Å². The third-order valence-corrected chi connectivity index (χ3v) is 3.43.